The summed E-state index contributed by atoms with van der Waals surface area (Å²) in [6.07, 6.45) is 2.94. The number of hydrogen-bond acceptors (Lipinski definition) is 3. The van der Waals surface area contributed by atoms with Crippen molar-refractivity contribution < 1.29 is 14.0 Å². The molecule has 0 bridgehead atoms. The second kappa shape index (κ2) is 8.55. The topological polar surface area (TPSA) is 67.2 Å². The molecule has 1 fully saturated rings. The van der Waals surface area contributed by atoms with Gasteiger partial charge in [-0.2, -0.15) is 5.10 Å². The van der Waals surface area contributed by atoms with Gasteiger partial charge in [0, 0.05) is 30.4 Å². The van der Waals surface area contributed by atoms with Crippen LogP contribution in [0.2, 0.25) is 0 Å². The van der Waals surface area contributed by atoms with Crippen molar-refractivity contribution >= 4 is 17.9 Å². The zero-order valence-electron chi connectivity index (χ0n) is 17.4. The fourth-order valence-corrected chi connectivity index (χ4v) is 3.94. The van der Waals surface area contributed by atoms with Gasteiger partial charge in [-0.25, -0.2) is 9.07 Å². The van der Waals surface area contributed by atoms with Crippen molar-refractivity contribution in [1.82, 2.24) is 20.0 Å². The Balaban J connectivity index is 1.68. The van der Waals surface area contributed by atoms with Crippen molar-refractivity contribution in [1.29, 1.82) is 0 Å². The van der Waals surface area contributed by atoms with Gasteiger partial charge in [0.2, 0.25) is 11.8 Å². The Kier molecular flexibility index (Phi) is 5.66. The molecule has 1 aliphatic heterocycles. The Morgan fingerprint density at radius 2 is 1.94 bits per heavy atom. The maximum absolute atomic E-state index is 13.4. The largest absolute Gasteiger partial charge is 0.352 e. The molecule has 0 saturated carbocycles. The summed E-state index contributed by atoms with van der Waals surface area (Å²) in [5.41, 5.74) is 3.67. The van der Waals surface area contributed by atoms with Gasteiger partial charge in [0.25, 0.3) is 0 Å². The van der Waals surface area contributed by atoms with Crippen molar-refractivity contribution in [2.45, 2.75) is 19.9 Å². The summed E-state index contributed by atoms with van der Waals surface area (Å²) in [5, 5.41) is 7.48. The number of carbonyl (C=O) groups excluding carboxylic acids is 2. The minimum atomic E-state index is -0.782. The molecule has 4 rings (SSSR count). The number of piperazine rings is 1. The van der Waals surface area contributed by atoms with Crippen LogP contribution < -0.4 is 5.32 Å². The lowest BCUT2D eigenvalue weighted by atomic mass is 10.00. The quantitative estimate of drug-likeness (QED) is 0.661. The second-order valence-electron chi connectivity index (χ2n) is 7.45. The number of nitrogens with zero attached hydrogens (tertiary/aromatic N) is 3. The van der Waals surface area contributed by atoms with Gasteiger partial charge in [0.05, 0.1) is 11.4 Å². The van der Waals surface area contributed by atoms with Crippen LogP contribution in [0.15, 0.2) is 60.7 Å². The Morgan fingerprint density at radius 1 is 1.16 bits per heavy atom. The predicted octanol–water partition coefficient (Wildman–Crippen LogP) is 3.34. The molecule has 6 nitrogen and oxygen atoms in total. The van der Waals surface area contributed by atoms with E-state index in [1.807, 2.05) is 44.2 Å². The molecule has 31 heavy (non-hydrogen) atoms. The standard InChI is InChI=1S/C24H23FN4O2/c1-16-22(17(2)29(27-16)20-9-4-3-5-10-20)23-24(31)26-13-14-28(23)21(30)12-11-18-7-6-8-19(25)15-18/h3-12,15,23H,13-14H2,1-2H3,(H,26,31)/b12-11+. The number of benzene rings is 2. The summed E-state index contributed by atoms with van der Waals surface area (Å²) in [6, 6.07) is 14.9. The molecule has 1 aromatic heterocycles. The number of amides is 2. The van der Waals surface area contributed by atoms with E-state index in [0.717, 1.165) is 11.4 Å². The molecule has 0 radical (unpaired) electrons. The average molecular weight is 418 g/mol. The third-order valence-electron chi connectivity index (χ3n) is 5.38. The Labute approximate surface area is 180 Å². The van der Waals surface area contributed by atoms with Crippen LogP contribution in [0.1, 0.15) is 28.6 Å². The molecule has 0 aliphatic carbocycles. The predicted molar refractivity (Wildman–Crippen MR) is 116 cm³/mol. The minimum absolute atomic E-state index is 0.238. The van der Waals surface area contributed by atoms with E-state index in [1.54, 1.807) is 27.8 Å². The van der Waals surface area contributed by atoms with E-state index < -0.39 is 6.04 Å². The molecule has 0 spiro atoms. The fourth-order valence-electron chi connectivity index (χ4n) is 3.94. The summed E-state index contributed by atoms with van der Waals surface area (Å²) in [5.74, 6) is -0.919. The summed E-state index contributed by atoms with van der Waals surface area (Å²) < 4.78 is 15.2. The number of hydrogen-bond donors (Lipinski definition) is 1. The first-order valence-corrected chi connectivity index (χ1v) is 10.1. The van der Waals surface area contributed by atoms with E-state index in [4.69, 9.17) is 0 Å². The zero-order valence-corrected chi connectivity index (χ0v) is 17.4. The number of para-hydroxylation sites is 1. The highest BCUT2D eigenvalue weighted by atomic mass is 19.1. The lowest BCUT2D eigenvalue weighted by Crippen LogP contribution is -2.52. The second-order valence-corrected chi connectivity index (χ2v) is 7.45. The fraction of sp³-hybridized carbons (Fsp3) is 0.208. The van der Waals surface area contributed by atoms with Crippen molar-refractivity contribution in [3.05, 3.63) is 89.0 Å². The van der Waals surface area contributed by atoms with Crippen LogP contribution in [0.5, 0.6) is 0 Å². The zero-order chi connectivity index (χ0) is 22.0. The van der Waals surface area contributed by atoms with E-state index in [2.05, 4.69) is 10.4 Å². The van der Waals surface area contributed by atoms with E-state index >= 15 is 0 Å². The van der Waals surface area contributed by atoms with Crippen molar-refractivity contribution in [2.24, 2.45) is 0 Å². The first-order chi connectivity index (χ1) is 15.0. The number of nitrogens with one attached hydrogen (secondary N) is 1. The van der Waals surface area contributed by atoms with Gasteiger partial charge in [-0.3, -0.25) is 9.59 Å². The molecule has 2 aromatic carbocycles. The molecule has 7 heteroatoms. The van der Waals surface area contributed by atoms with Gasteiger partial charge in [0.15, 0.2) is 0 Å². The highest BCUT2D eigenvalue weighted by Gasteiger charge is 2.37. The molecule has 2 heterocycles. The van der Waals surface area contributed by atoms with Crippen LogP contribution in [0.4, 0.5) is 4.39 Å². The molecule has 2 amide bonds. The number of halogens is 1. The number of carbonyl (C=O) groups is 2. The van der Waals surface area contributed by atoms with Crippen LogP contribution in [-0.2, 0) is 9.59 Å². The van der Waals surface area contributed by atoms with Crippen LogP contribution in [0.25, 0.3) is 11.8 Å². The Bertz CT molecular complexity index is 1150. The summed E-state index contributed by atoms with van der Waals surface area (Å²) in [4.78, 5) is 27.4. The Morgan fingerprint density at radius 3 is 2.68 bits per heavy atom. The van der Waals surface area contributed by atoms with E-state index in [1.165, 1.54) is 18.2 Å². The lowest BCUT2D eigenvalue weighted by molar-refractivity contribution is -0.140. The average Bonchev–Trinajstić information content (AvgIpc) is 3.06. The molecule has 158 valence electrons. The molecule has 1 aliphatic rings. The SMILES string of the molecule is Cc1nn(-c2ccccc2)c(C)c1C1C(=O)NCCN1C(=O)/C=C/c1cccc(F)c1. The van der Waals surface area contributed by atoms with Crippen LogP contribution in [0, 0.1) is 19.7 Å². The van der Waals surface area contributed by atoms with Gasteiger partial charge in [-0.15, -0.1) is 0 Å². The molecule has 1 N–H and O–H groups in total. The third kappa shape index (κ3) is 4.12. The third-order valence-corrected chi connectivity index (χ3v) is 5.38. The van der Waals surface area contributed by atoms with Crippen molar-refractivity contribution in [3.8, 4) is 5.69 Å². The van der Waals surface area contributed by atoms with Crippen LogP contribution in [-0.4, -0.2) is 39.6 Å². The summed E-state index contributed by atoms with van der Waals surface area (Å²) >= 11 is 0. The van der Waals surface area contributed by atoms with Crippen LogP contribution in [0.3, 0.4) is 0 Å². The van der Waals surface area contributed by atoms with E-state index in [-0.39, 0.29) is 17.6 Å². The van der Waals surface area contributed by atoms with Gasteiger partial charge in [-0.1, -0.05) is 30.3 Å². The number of aromatic nitrogens is 2. The summed E-state index contributed by atoms with van der Waals surface area (Å²) in [6.45, 7) is 4.49. The molecule has 1 saturated heterocycles. The molecule has 3 aromatic rings. The van der Waals surface area contributed by atoms with Gasteiger partial charge in [-0.05, 0) is 49.8 Å². The lowest BCUT2D eigenvalue weighted by Gasteiger charge is -2.34. The molecular weight excluding hydrogens is 395 g/mol. The number of rotatable bonds is 4. The van der Waals surface area contributed by atoms with E-state index in [0.29, 0.717) is 29.9 Å². The highest BCUT2D eigenvalue weighted by Crippen LogP contribution is 2.30. The monoisotopic (exact) mass is 418 g/mol. The Hall–Kier alpha value is -3.74. The van der Waals surface area contributed by atoms with Crippen LogP contribution >= 0.6 is 0 Å². The van der Waals surface area contributed by atoms with Gasteiger partial charge < -0.3 is 10.2 Å². The minimum Gasteiger partial charge on any atom is -0.352 e. The first kappa shape index (κ1) is 20.5. The smallest absolute Gasteiger partial charge is 0.247 e. The maximum atomic E-state index is 13.4. The maximum Gasteiger partial charge on any atom is 0.247 e. The molecular formula is C24H23FN4O2. The highest BCUT2D eigenvalue weighted by molar-refractivity contribution is 5.97. The normalized spacial score (nSPS) is 16.5. The van der Waals surface area contributed by atoms with Gasteiger partial charge in [0.1, 0.15) is 11.9 Å². The molecule has 1 unspecified atom stereocenters. The van der Waals surface area contributed by atoms with Crippen molar-refractivity contribution in [3.63, 3.8) is 0 Å². The van der Waals surface area contributed by atoms with Crippen molar-refractivity contribution in [2.75, 3.05) is 13.1 Å². The summed E-state index contributed by atoms with van der Waals surface area (Å²) in [7, 11) is 0. The van der Waals surface area contributed by atoms with Gasteiger partial charge >= 0.3 is 0 Å². The number of aryl methyl sites for hydroxylation is 1. The van der Waals surface area contributed by atoms with E-state index in [9.17, 15) is 14.0 Å². The first-order valence-electron chi connectivity index (χ1n) is 10.1. The molecule has 1 atom stereocenters.